The van der Waals surface area contributed by atoms with Gasteiger partial charge in [0.05, 0.1) is 16.9 Å². The van der Waals surface area contributed by atoms with Gasteiger partial charge in [-0.25, -0.2) is 0 Å². The lowest BCUT2D eigenvalue weighted by molar-refractivity contribution is 0.320. The van der Waals surface area contributed by atoms with Gasteiger partial charge in [-0.15, -0.1) is 0 Å². The van der Waals surface area contributed by atoms with Gasteiger partial charge in [0.2, 0.25) is 0 Å². The van der Waals surface area contributed by atoms with E-state index in [9.17, 15) is 8.42 Å². The molecule has 0 unspecified atom stereocenters. The molecule has 1 aromatic heterocycles. The van der Waals surface area contributed by atoms with Gasteiger partial charge in [-0.05, 0) is 29.8 Å². The minimum atomic E-state index is -3.77. The summed E-state index contributed by atoms with van der Waals surface area (Å²) in [6, 6.07) is 21.0. The van der Waals surface area contributed by atoms with Gasteiger partial charge >= 0.3 is 0 Å². The Kier molecular flexibility index (Phi) is 3.89. The van der Waals surface area contributed by atoms with E-state index in [-0.39, 0.29) is 4.90 Å². The first kappa shape index (κ1) is 15.7. The summed E-state index contributed by atoms with van der Waals surface area (Å²) in [7, 11) is -3.77. The molecule has 3 aromatic rings. The van der Waals surface area contributed by atoms with Crippen LogP contribution in [0.2, 0.25) is 0 Å². The zero-order valence-electron chi connectivity index (χ0n) is 13.3. The maximum atomic E-state index is 13.1. The predicted molar refractivity (Wildman–Crippen MR) is 94.5 cm³/mol. The second-order valence-corrected chi connectivity index (χ2v) is 7.53. The Labute approximate surface area is 146 Å². The molecule has 126 valence electrons. The summed E-state index contributed by atoms with van der Waals surface area (Å²) in [5, 5.41) is 4.45. The summed E-state index contributed by atoms with van der Waals surface area (Å²) < 4.78 is 32.8. The van der Waals surface area contributed by atoms with Crippen LogP contribution in [0.5, 0.6) is 0 Å². The number of sulfonamides is 1. The predicted octanol–water partition coefficient (Wildman–Crippen LogP) is 3.82. The molecule has 2 aromatic carbocycles. The van der Waals surface area contributed by atoms with Crippen molar-refractivity contribution in [2.45, 2.75) is 17.4 Å². The third kappa shape index (κ3) is 2.85. The van der Waals surface area contributed by atoms with Crippen LogP contribution in [-0.2, 0) is 10.0 Å². The summed E-state index contributed by atoms with van der Waals surface area (Å²) in [5.41, 5.74) is 1.63. The third-order valence-electron chi connectivity index (χ3n) is 4.14. The van der Waals surface area contributed by atoms with Crippen LogP contribution in [0.1, 0.15) is 23.8 Å². The Morgan fingerprint density at radius 2 is 1.60 bits per heavy atom. The zero-order valence-corrected chi connectivity index (χ0v) is 14.1. The second kappa shape index (κ2) is 6.22. The van der Waals surface area contributed by atoms with Crippen LogP contribution in [0, 0.1) is 0 Å². The van der Waals surface area contributed by atoms with E-state index in [1.807, 2.05) is 30.3 Å². The monoisotopic (exact) mass is 352 g/mol. The summed E-state index contributed by atoms with van der Waals surface area (Å²) in [6.45, 7) is 0. The fourth-order valence-electron chi connectivity index (χ4n) is 2.91. The fourth-order valence-corrected chi connectivity index (χ4v) is 4.35. The molecule has 0 N–H and O–H groups in total. The van der Waals surface area contributed by atoms with Crippen LogP contribution < -0.4 is 0 Å². The summed E-state index contributed by atoms with van der Waals surface area (Å²) >= 11 is 0. The highest BCUT2D eigenvalue weighted by Crippen LogP contribution is 2.37. The van der Waals surface area contributed by atoms with Crippen LogP contribution in [-0.4, -0.2) is 18.5 Å². The van der Waals surface area contributed by atoms with Crippen molar-refractivity contribution >= 4 is 15.7 Å². The van der Waals surface area contributed by atoms with Gasteiger partial charge in [0, 0.05) is 6.42 Å². The fraction of sp³-hybridized carbons (Fsp3) is 0.105. The average molecular weight is 352 g/mol. The quantitative estimate of drug-likeness (QED) is 0.717. The van der Waals surface area contributed by atoms with E-state index in [4.69, 9.17) is 4.42 Å². The average Bonchev–Trinajstić information content (AvgIpc) is 3.33. The highest BCUT2D eigenvalue weighted by Gasteiger charge is 2.39. The molecule has 1 atom stereocenters. The van der Waals surface area contributed by atoms with Crippen LogP contribution in [0.25, 0.3) is 0 Å². The maximum absolute atomic E-state index is 13.1. The molecule has 25 heavy (non-hydrogen) atoms. The van der Waals surface area contributed by atoms with Gasteiger partial charge in [-0.2, -0.15) is 17.9 Å². The van der Waals surface area contributed by atoms with E-state index in [1.54, 1.807) is 48.7 Å². The largest absolute Gasteiger partial charge is 0.467 e. The molecule has 0 saturated carbocycles. The Morgan fingerprint density at radius 1 is 0.920 bits per heavy atom. The molecule has 0 bridgehead atoms. The highest BCUT2D eigenvalue weighted by atomic mass is 32.2. The van der Waals surface area contributed by atoms with E-state index in [0.717, 1.165) is 11.3 Å². The molecule has 0 saturated heterocycles. The van der Waals surface area contributed by atoms with E-state index in [0.29, 0.717) is 12.2 Å². The van der Waals surface area contributed by atoms with E-state index >= 15 is 0 Å². The molecule has 1 aliphatic heterocycles. The van der Waals surface area contributed by atoms with Crippen molar-refractivity contribution in [2.24, 2.45) is 5.10 Å². The van der Waals surface area contributed by atoms with Crippen LogP contribution >= 0.6 is 0 Å². The number of hydrogen-bond donors (Lipinski definition) is 0. The molecular weight excluding hydrogens is 336 g/mol. The first-order valence-electron chi connectivity index (χ1n) is 7.92. The maximum Gasteiger partial charge on any atom is 0.279 e. The van der Waals surface area contributed by atoms with Crippen molar-refractivity contribution in [3.8, 4) is 0 Å². The Morgan fingerprint density at radius 3 is 2.24 bits per heavy atom. The van der Waals surface area contributed by atoms with Gasteiger partial charge in [-0.1, -0.05) is 48.5 Å². The highest BCUT2D eigenvalue weighted by molar-refractivity contribution is 7.89. The van der Waals surface area contributed by atoms with Crippen molar-refractivity contribution in [2.75, 3.05) is 0 Å². The molecule has 0 aliphatic carbocycles. The molecule has 0 amide bonds. The lowest BCUT2D eigenvalue weighted by atomic mass is 10.0. The molecule has 1 aliphatic rings. The van der Waals surface area contributed by atoms with Crippen molar-refractivity contribution in [1.82, 2.24) is 4.41 Å². The van der Waals surface area contributed by atoms with Crippen LogP contribution in [0.15, 0.2) is 93.5 Å². The normalized spacial score (nSPS) is 17.5. The molecule has 6 heteroatoms. The van der Waals surface area contributed by atoms with Crippen molar-refractivity contribution in [3.05, 3.63) is 90.4 Å². The van der Waals surface area contributed by atoms with Gasteiger partial charge in [0.15, 0.2) is 0 Å². The lowest BCUT2D eigenvalue weighted by Crippen LogP contribution is -2.27. The summed E-state index contributed by atoms with van der Waals surface area (Å²) in [5.74, 6) is 0.578. The SMILES string of the molecule is O=S(=O)(c1ccccc1)N1N=C(c2ccccc2)C[C@@H]1c1ccco1. The van der Waals surface area contributed by atoms with Crippen LogP contribution in [0.3, 0.4) is 0 Å². The van der Waals surface area contributed by atoms with Gasteiger partial charge in [0.25, 0.3) is 10.0 Å². The van der Waals surface area contributed by atoms with E-state index < -0.39 is 16.1 Å². The molecule has 5 nitrogen and oxygen atoms in total. The number of hydrazone groups is 1. The van der Waals surface area contributed by atoms with Crippen molar-refractivity contribution < 1.29 is 12.8 Å². The lowest BCUT2D eigenvalue weighted by Gasteiger charge is -2.21. The molecule has 2 heterocycles. The van der Waals surface area contributed by atoms with Crippen molar-refractivity contribution in [3.63, 3.8) is 0 Å². The summed E-state index contributed by atoms with van der Waals surface area (Å²) in [4.78, 5) is 0.213. The first-order valence-corrected chi connectivity index (χ1v) is 9.36. The Hall–Kier alpha value is -2.86. The molecule has 0 spiro atoms. The Bertz CT molecular complexity index is 982. The first-order chi connectivity index (χ1) is 12.2. The number of furan rings is 1. The minimum Gasteiger partial charge on any atom is -0.467 e. The standard InChI is InChI=1S/C19H16N2O3S/c22-25(23,16-10-5-2-6-11-16)21-18(19-12-7-13-24-19)14-17(20-21)15-8-3-1-4-9-15/h1-13,18H,14H2/t18-/m1/s1. The van der Waals surface area contributed by atoms with Crippen molar-refractivity contribution in [1.29, 1.82) is 0 Å². The number of benzene rings is 2. The third-order valence-corrected chi connectivity index (χ3v) is 5.84. The minimum absolute atomic E-state index is 0.213. The van der Waals surface area contributed by atoms with E-state index in [1.165, 1.54) is 4.41 Å². The second-order valence-electron chi connectivity index (χ2n) is 5.74. The topological polar surface area (TPSA) is 62.9 Å². The molecule has 4 rings (SSSR count). The summed E-state index contributed by atoms with van der Waals surface area (Å²) in [6.07, 6.45) is 2.01. The zero-order chi connectivity index (χ0) is 17.3. The number of rotatable bonds is 4. The van der Waals surface area contributed by atoms with Crippen LogP contribution in [0.4, 0.5) is 0 Å². The molecule has 0 radical (unpaired) electrons. The number of nitrogens with zero attached hydrogens (tertiary/aromatic N) is 2. The molecule has 0 fully saturated rings. The van der Waals surface area contributed by atoms with Gasteiger partial charge < -0.3 is 4.42 Å². The molecular formula is C19H16N2O3S. The van der Waals surface area contributed by atoms with Gasteiger partial charge in [-0.3, -0.25) is 0 Å². The smallest absolute Gasteiger partial charge is 0.279 e. The van der Waals surface area contributed by atoms with Gasteiger partial charge in [0.1, 0.15) is 11.8 Å². The Balaban J connectivity index is 1.80. The van der Waals surface area contributed by atoms with E-state index in [2.05, 4.69) is 5.10 Å². The number of hydrogen-bond acceptors (Lipinski definition) is 4.